The van der Waals surface area contributed by atoms with E-state index in [1.54, 1.807) is 14.2 Å². The van der Waals surface area contributed by atoms with Crippen molar-refractivity contribution in [3.63, 3.8) is 0 Å². The number of hydrogen-bond donors (Lipinski definition) is 1. The Morgan fingerprint density at radius 3 is 2.62 bits per heavy atom. The Kier molecular flexibility index (Phi) is 6.13. The van der Waals surface area contributed by atoms with E-state index in [9.17, 15) is 0 Å². The van der Waals surface area contributed by atoms with Gasteiger partial charge in [-0.2, -0.15) is 4.98 Å². The van der Waals surface area contributed by atoms with Crippen molar-refractivity contribution in [2.24, 2.45) is 5.73 Å². The van der Waals surface area contributed by atoms with E-state index in [0.717, 1.165) is 10.6 Å². The maximum Gasteiger partial charge on any atom is 0.277 e. The SMILES string of the molecule is COc1ccc(Cc2noc(-c3csc(CN)n3)n2)cc1OC.Cl. The molecule has 24 heavy (non-hydrogen) atoms. The van der Waals surface area contributed by atoms with Gasteiger partial charge in [0.25, 0.3) is 5.89 Å². The van der Waals surface area contributed by atoms with Crippen LogP contribution in [0.25, 0.3) is 11.6 Å². The van der Waals surface area contributed by atoms with E-state index in [-0.39, 0.29) is 12.4 Å². The van der Waals surface area contributed by atoms with Gasteiger partial charge in [0.15, 0.2) is 17.3 Å². The normalized spacial score (nSPS) is 10.3. The molecule has 0 fully saturated rings. The second-order valence-corrected chi connectivity index (χ2v) is 5.66. The number of nitrogens with two attached hydrogens (primary N) is 1. The third kappa shape index (κ3) is 3.84. The van der Waals surface area contributed by atoms with E-state index in [2.05, 4.69) is 15.1 Å². The van der Waals surface area contributed by atoms with Gasteiger partial charge in [-0.3, -0.25) is 0 Å². The van der Waals surface area contributed by atoms with E-state index in [1.807, 2.05) is 23.6 Å². The van der Waals surface area contributed by atoms with Crippen LogP contribution in [0.3, 0.4) is 0 Å². The Balaban J connectivity index is 0.00000208. The summed E-state index contributed by atoms with van der Waals surface area (Å²) in [6.45, 7) is 0.400. The minimum Gasteiger partial charge on any atom is -0.493 e. The fourth-order valence-electron chi connectivity index (χ4n) is 2.11. The lowest BCUT2D eigenvalue weighted by atomic mass is 10.1. The van der Waals surface area contributed by atoms with E-state index in [4.69, 9.17) is 19.7 Å². The summed E-state index contributed by atoms with van der Waals surface area (Å²) in [7, 11) is 3.21. The van der Waals surface area contributed by atoms with Gasteiger partial charge in [-0.25, -0.2) is 4.98 Å². The number of thiazole rings is 1. The Bertz CT molecular complexity index is 806. The average molecular weight is 369 g/mol. The molecule has 2 heterocycles. The lowest BCUT2D eigenvalue weighted by molar-refractivity contribution is 0.354. The lowest BCUT2D eigenvalue weighted by Gasteiger charge is -2.08. The molecule has 0 saturated carbocycles. The summed E-state index contributed by atoms with van der Waals surface area (Å²) < 4.78 is 15.8. The third-order valence-corrected chi connectivity index (χ3v) is 4.09. The van der Waals surface area contributed by atoms with Gasteiger partial charge in [0.1, 0.15) is 10.7 Å². The van der Waals surface area contributed by atoms with Crippen molar-refractivity contribution < 1.29 is 14.0 Å². The summed E-state index contributed by atoms with van der Waals surface area (Å²) in [5, 5.41) is 6.69. The van der Waals surface area contributed by atoms with Gasteiger partial charge < -0.3 is 19.7 Å². The minimum absolute atomic E-state index is 0. The molecule has 0 atom stereocenters. The van der Waals surface area contributed by atoms with Crippen molar-refractivity contribution in [3.05, 3.63) is 40.0 Å². The average Bonchev–Trinajstić information content (AvgIpc) is 3.23. The first-order valence-corrected chi connectivity index (χ1v) is 7.79. The van der Waals surface area contributed by atoms with E-state index in [1.165, 1.54) is 11.3 Å². The van der Waals surface area contributed by atoms with Crippen LogP contribution >= 0.6 is 23.7 Å². The van der Waals surface area contributed by atoms with Gasteiger partial charge in [0.05, 0.1) is 14.2 Å². The van der Waals surface area contributed by atoms with Crippen LogP contribution in [0, 0.1) is 0 Å². The van der Waals surface area contributed by atoms with Crippen molar-refractivity contribution in [1.82, 2.24) is 15.1 Å². The predicted molar refractivity (Wildman–Crippen MR) is 92.9 cm³/mol. The quantitative estimate of drug-likeness (QED) is 0.714. The summed E-state index contributed by atoms with van der Waals surface area (Å²) >= 11 is 1.47. The van der Waals surface area contributed by atoms with Crippen LogP contribution in [0.4, 0.5) is 0 Å². The number of methoxy groups -OCH3 is 2. The highest BCUT2D eigenvalue weighted by Gasteiger charge is 2.13. The minimum atomic E-state index is 0. The number of hydrogen-bond acceptors (Lipinski definition) is 8. The van der Waals surface area contributed by atoms with Gasteiger partial charge in [0, 0.05) is 18.3 Å². The van der Waals surface area contributed by atoms with E-state index >= 15 is 0 Å². The number of ether oxygens (including phenoxy) is 2. The van der Waals surface area contributed by atoms with Gasteiger partial charge in [-0.15, -0.1) is 23.7 Å². The van der Waals surface area contributed by atoms with Crippen molar-refractivity contribution in [2.45, 2.75) is 13.0 Å². The van der Waals surface area contributed by atoms with Gasteiger partial charge in [-0.05, 0) is 17.7 Å². The summed E-state index contributed by atoms with van der Waals surface area (Å²) in [4.78, 5) is 8.71. The van der Waals surface area contributed by atoms with Crippen molar-refractivity contribution in [3.8, 4) is 23.1 Å². The monoisotopic (exact) mass is 368 g/mol. The zero-order valence-corrected chi connectivity index (χ0v) is 14.8. The molecule has 1 aromatic carbocycles. The molecule has 0 amide bonds. The molecule has 2 N–H and O–H groups in total. The Morgan fingerprint density at radius 1 is 1.17 bits per heavy atom. The van der Waals surface area contributed by atoms with Gasteiger partial charge >= 0.3 is 0 Å². The molecule has 9 heteroatoms. The molecule has 0 aliphatic carbocycles. The fourth-order valence-corrected chi connectivity index (χ4v) is 2.75. The highest BCUT2D eigenvalue weighted by atomic mass is 35.5. The first kappa shape index (κ1) is 18.2. The molecule has 0 radical (unpaired) electrons. The maximum atomic E-state index is 5.56. The van der Waals surface area contributed by atoms with Gasteiger partial charge in [0.2, 0.25) is 0 Å². The second-order valence-electron chi connectivity index (χ2n) is 4.71. The standard InChI is InChI=1S/C15H16N4O3S.ClH/c1-20-11-4-3-9(5-12(11)21-2)6-13-18-15(22-19-13)10-8-23-14(7-16)17-10;/h3-5,8H,6-7,16H2,1-2H3;1H. The Labute approximate surface area is 149 Å². The van der Waals surface area contributed by atoms with E-state index < -0.39 is 0 Å². The predicted octanol–water partition coefficient (Wildman–Crippen LogP) is 2.68. The molecule has 0 unspecified atom stereocenters. The number of rotatable bonds is 6. The molecule has 0 spiro atoms. The summed E-state index contributed by atoms with van der Waals surface area (Å²) in [5.41, 5.74) is 7.21. The number of aromatic nitrogens is 3. The van der Waals surface area contributed by atoms with E-state index in [0.29, 0.717) is 41.9 Å². The summed E-state index contributed by atoms with van der Waals surface area (Å²) in [6, 6.07) is 5.68. The zero-order chi connectivity index (χ0) is 16.2. The number of halogens is 1. The molecular weight excluding hydrogens is 352 g/mol. The number of nitrogens with zero attached hydrogens (tertiary/aromatic N) is 3. The highest BCUT2D eigenvalue weighted by Crippen LogP contribution is 2.28. The molecule has 128 valence electrons. The third-order valence-electron chi connectivity index (χ3n) is 3.22. The largest absolute Gasteiger partial charge is 0.493 e. The molecule has 0 aliphatic rings. The Hall–Kier alpha value is -2.16. The van der Waals surface area contributed by atoms with Gasteiger partial charge in [-0.1, -0.05) is 11.2 Å². The first-order valence-electron chi connectivity index (χ1n) is 6.91. The summed E-state index contributed by atoms with van der Waals surface area (Å²) in [5.74, 6) is 2.33. The molecule has 7 nitrogen and oxygen atoms in total. The van der Waals surface area contributed by atoms with Crippen LogP contribution in [0.5, 0.6) is 11.5 Å². The van der Waals surface area contributed by atoms with Crippen LogP contribution in [0.1, 0.15) is 16.4 Å². The van der Waals surface area contributed by atoms with Crippen molar-refractivity contribution in [2.75, 3.05) is 14.2 Å². The molecule has 0 saturated heterocycles. The van der Waals surface area contributed by atoms with Crippen molar-refractivity contribution in [1.29, 1.82) is 0 Å². The molecular formula is C15H17ClN4O3S. The zero-order valence-electron chi connectivity index (χ0n) is 13.2. The highest BCUT2D eigenvalue weighted by molar-refractivity contribution is 7.09. The van der Waals surface area contributed by atoms with Crippen LogP contribution < -0.4 is 15.2 Å². The molecule has 2 aromatic heterocycles. The molecule has 3 rings (SSSR count). The molecule has 0 bridgehead atoms. The van der Waals surface area contributed by atoms with Crippen LogP contribution in [-0.4, -0.2) is 29.3 Å². The van der Waals surface area contributed by atoms with Crippen LogP contribution in [0.15, 0.2) is 28.1 Å². The van der Waals surface area contributed by atoms with Crippen LogP contribution in [-0.2, 0) is 13.0 Å². The smallest absolute Gasteiger partial charge is 0.277 e. The van der Waals surface area contributed by atoms with Crippen molar-refractivity contribution >= 4 is 23.7 Å². The lowest BCUT2D eigenvalue weighted by Crippen LogP contribution is -1.95. The molecule has 3 aromatic rings. The summed E-state index contributed by atoms with van der Waals surface area (Å²) in [6.07, 6.45) is 0.526. The second kappa shape index (κ2) is 8.09. The van der Waals surface area contributed by atoms with Crippen LogP contribution in [0.2, 0.25) is 0 Å². The molecule has 0 aliphatic heterocycles. The first-order chi connectivity index (χ1) is 11.2. The number of benzene rings is 1. The fraction of sp³-hybridized carbons (Fsp3) is 0.267. The maximum absolute atomic E-state index is 5.56. The topological polar surface area (TPSA) is 96.3 Å². The Morgan fingerprint density at radius 2 is 1.96 bits per heavy atom.